The molecule has 7 heteroatoms. The van der Waals surface area contributed by atoms with E-state index in [2.05, 4.69) is 0 Å². The summed E-state index contributed by atoms with van der Waals surface area (Å²) in [6, 6.07) is 4.86. The lowest BCUT2D eigenvalue weighted by molar-refractivity contribution is 0.255. The monoisotopic (exact) mass is 285 g/mol. The van der Waals surface area contributed by atoms with E-state index < -0.39 is 10.0 Å². The standard InChI is InChI=1S/C11H15N3O2S2/c1-8-4-9(13)7-14(6-8)18(15,16)11-3-2-10(5-12)17-11/h2-3,8-9H,4,6-7,13H2,1H3. The maximum atomic E-state index is 12.4. The molecule has 1 fully saturated rings. The summed E-state index contributed by atoms with van der Waals surface area (Å²) in [7, 11) is -3.50. The van der Waals surface area contributed by atoms with E-state index in [1.54, 1.807) is 0 Å². The molecule has 98 valence electrons. The van der Waals surface area contributed by atoms with Crippen molar-refractivity contribution in [1.29, 1.82) is 5.26 Å². The molecule has 0 aromatic carbocycles. The highest BCUT2D eigenvalue weighted by Gasteiger charge is 2.32. The van der Waals surface area contributed by atoms with E-state index in [9.17, 15) is 8.42 Å². The first-order valence-electron chi connectivity index (χ1n) is 5.69. The Morgan fingerprint density at radius 2 is 2.22 bits per heavy atom. The smallest absolute Gasteiger partial charge is 0.252 e. The Labute approximate surface area is 111 Å². The van der Waals surface area contributed by atoms with Gasteiger partial charge in [0.15, 0.2) is 0 Å². The van der Waals surface area contributed by atoms with Crippen molar-refractivity contribution in [2.75, 3.05) is 13.1 Å². The van der Waals surface area contributed by atoms with Crippen molar-refractivity contribution < 1.29 is 8.42 Å². The number of nitrogens with zero attached hydrogens (tertiary/aromatic N) is 2. The van der Waals surface area contributed by atoms with Crippen LogP contribution in [0.1, 0.15) is 18.2 Å². The van der Waals surface area contributed by atoms with Crippen LogP contribution < -0.4 is 5.73 Å². The molecule has 1 aromatic rings. The van der Waals surface area contributed by atoms with E-state index in [1.165, 1.54) is 16.4 Å². The zero-order valence-electron chi connectivity index (χ0n) is 10.0. The number of rotatable bonds is 2. The minimum atomic E-state index is -3.50. The number of thiophene rings is 1. The summed E-state index contributed by atoms with van der Waals surface area (Å²) in [5, 5.41) is 8.74. The normalized spacial score (nSPS) is 25.8. The highest BCUT2D eigenvalue weighted by molar-refractivity contribution is 7.91. The van der Waals surface area contributed by atoms with Crippen molar-refractivity contribution in [2.45, 2.75) is 23.6 Å². The van der Waals surface area contributed by atoms with Gasteiger partial charge in [-0.25, -0.2) is 8.42 Å². The average Bonchev–Trinajstić information content (AvgIpc) is 2.76. The summed E-state index contributed by atoms with van der Waals surface area (Å²) in [6.45, 7) is 2.85. The van der Waals surface area contributed by atoms with Crippen LogP contribution in [0.2, 0.25) is 0 Å². The van der Waals surface area contributed by atoms with E-state index >= 15 is 0 Å². The molecule has 1 saturated heterocycles. The van der Waals surface area contributed by atoms with E-state index in [-0.39, 0.29) is 16.2 Å². The first kappa shape index (κ1) is 13.5. The molecule has 0 radical (unpaired) electrons. The highest BCUT2D eigenvalue weighted by atomic mass is 32.2. The van der Waals surface area contributed by atoms with Crippen molar-refractivity contribution in [1.82, 2.24) is 4.31 Å². The second kappa shape index (κ2) is 4.97. The lowest BCUT2D eigenvalue weighted by atomic mass is 9.99. The van der Waals surface area contributed by atoms with Crippen LogP contribution in [0.15, 0.2) is 16.3 Å². The van der Waals surface area contributed by atoms with Crippen LogP contribution >= 0.6 is 11.3 Å². The Morgan fingerprint density at radius 3 is 2.78 bits per heavy atom. The predicted molar refractivity (Wildman–Crippen MR) is 69.5 cm³/mol. The third-order valence-corrected chi connectivity index (χ3v) is 6.23. The van der Waals surface area contributed by atoms with Crippen molar-refractivity contribution in [3.05, 3.63) is 17.0 Å². The molecule has 1 aromatic heterocycles. The van der Waals surface area contributed by atoms with Gasteiger partial charge in [-0.15, -0.1) is 11.3 Å². The Bertz CT molecular complexity index is 563. The second-order valence-electron chi connectivity index (χ2n) is 4.65. The molecule has 0 bridgehead atoms. The molecule has 0 aliphatic carbocycles. The van der Waals surface area contributed by atoms with E-state index in [4.69, 9.17) is 11.0 Å². The van der Waals surface area contributed by atoms with Crippen molar-refractivity contribution in [3.63, 3.8) is 0 Å². The van der Waals surface area contributed by atoms with Crippen LogP contribution in [0.5, 0.6) is 0 Å². The molecule has 18 heavy (non-hydrogen) atoms. The highest BCUT2D eigenvalue weighted by Crippen LogP contribution is 2.27. The summed E-state index contributed by atoms with van der Waals surface area (Å²) in [6.07, 6.45) is 0.847. The summed E-state index contributed by atoms with van der Waals surface area (Å²) in [4.78, 5) is 0.405. The minimum absolute atomic E-state index is 0.112. The maximum absolute atomic E-state index is 12.4. The Kier molecular flexibility index (Phi) is 3.73. The first-order valence-corrected chi connectivity index (χ1v) is 7.95. The summed E-state index contributed by atoms with van der Waals surface area (Å²) in [5.41, 5.74) is 5.87. The number of nitrogens with two attached hydrogens (primary N) is 1. The lowest BCUT2D eigenvalue weighted by Crippen LogP contribution is -2.48. The van der Waals surface area contributed by atoms with Crippen molar-refractivity contribution in [2.24, 2.45) is 11.7 Å². The zero-order chi connectivity index (χ0) is 13.3. The van der Waals surface area contributed by atoms with E-state index in [0.29, 0.717) is 18.0 Å². The van der Waals surface area contributed by atoms with Gasteiger partial charge in [0.1, 0.15) is 15.2 Å². The molecule has 0 saturated carbocycles. The molecule has 1 aliphatic rings. The fraction of sp³-hybridized carbons (Fsp3) is 0.545. The van der Waals surface area contributed by atoms with Crippen molar-refractivity contribution in [3.8, 4) is 6.07 Å². The van der Waals surface area contributed by atoms with Gasteiger partial charge in [0.25, 0.3) is 10.0 Å². The van der Waals surface area contributed by atoms with Crippen LogP contribution in [-0.2, 0) is 10.0 Å². The summed E-state index contributed by atoms with van der Waals surface area (Å²) < 4.78 is 26.4. The van der Waals surface area contributed by atoms with Gasteiger partial charge in [0, 0.05) is 19.1 Å². The van der Waals surface area contributed by atoms with Gasteiger partial charge in [0.05, 0.1) is 0 Å². The quantitative estimate of drug-likeness (QED) is 0.877. The molecule has 2 heterocycles. The Hall–Kier alpha value is -0.940. The molecule has 2 N–H and O–H groups in total. The molecule has 2 atom stereocenters. The molecular formula is C11H15N3O2S2. The average molecular weight is 285 g/mol. The molecular weight excluding hydrogens is 270 g/mol. The number of nitriles is 1. The topological polar surface area (TPSA) is 87.2 Å². The molecule has 5 nitrogen and oxygen atoms in total. The zero-order valence-corrected chi connectivity index (χ0v) is 11.7. The number of hydrogen-bond acceptors (Lipinski definition) is 5. The van der Waals surface area contributed by atoms with Crippen molar-refractivity contribution >= 4 is 21.4 Å². The van der Waals surface area contributed by atoms with Gasteiger partial charge in [-0.05, 0) is 24.5 Å². The Balaban J connectivity index is 2.28. The third kappa shape index (κ3) is 2.57. The van der Waals surface area contributed by atoms with Crippen LogP contribution in [-0.4, -0.2) is 31.9 Å². The van der Waals surface area contributed by atoms with Crippen LogP contribution in [0.4, 0.5) is 0 Å². The van der Waals surface area contributed by atoms with Crippen LogP contribution in [0, 0.1) is 17.2 Å². The van der Waals surface area contributed by atoms with E-state index in [1.807, 2.05) is 13.0 Å². The summed E-state index contributed by atoms with van der Waals surface area (Å²) >= 11 is 1.00. The lowest BCUT2D eigenvalue weighted by Gasteiger charge is -2.33. The molecule has 2 rings (SSSR count). The van der Waals surface area contributed by atoms with Gasteiger partial charge in [-0.3, -0.25) is 0 Å². The van der Waals surface area contributed by atoms with E-state index in [0.717, 1.165) is 17.8 Å². The van der Waals surface area contributed by atoms with Gasteiger partial charge in [-0.1, -0.05) is 6.92 Å². The minimum Gasteiger partial charge on any atom is -0.326 e. The van der Waals surface area contributed by atoms with Gasteiger partial charge in [0.2, 0.25) is 0 Å². The fourth-order valence-electron chi connectivity index (χ4n) is 2.19. The van der Waals surface area contributed by atoms with Crippen LogP contribution in [0.25, 0.3) is 0 Å². The molecule has 0 spiro atoms. The van der Waals surface area contributed by atoms with Gasteiger partial charge < -0.3 is 5.73 Å². The third-order valence-electron chi connectivity index (χ3n) is 2.94. The fourth-order valence-corrected chi connectivity index (χ4v) is 5.07. The predicted octanol–water partition coefficient (Wildman–Crippen LogP) is 0.978. The summed E-state index contributed by atoms with van der Waals surface area (Å²) in [5.74, 6) is 0.263. The first-order chi connectivity index (χ1) is 8.43. The number of piperidine rings is 1. The number of hydrogen-bond donors (Lipinski definition) is 1. The number of sulfonamides is 1. The molecule has 0 amide bonds. The van der Waals surface area contributed by atoms with Crippen LogP contribution in [0.3, 0.4) is 0 Å². The SMILES string of the molecule is CC1CC(N)CN(S(=O)(=O)c2ccc(C#N)s2)C1. The Morgan fingerprint density at radius 1 is 1.50 bits per heavy atom. The maximum Gasteiger partial charge on any atom is 0.252 e. The largest absolute Gasteiger partial charge is 0.326 e. The molecule has 2 unspecified atom stereocenters. The second-order valence-corrected chi connectivity index (χ2v) is 7.90. The van der Waals surface area contributed by atoms with Gasteiger partial charge in [-0.2, -0.15) is 9.57 Å². The van der Waals surface area contributed by atoms with Gasteiger partial charge >= 0.3 is 0 Å². The molecule has 1 aliphatic heterocycles.